The SMILES string of the molecule is O=C(OC1=CCC(c2ccnc3ccc(F)cc23)CC1)C1CC1. The molecule has 0 spiro atoms. The first-order valence-corrected chi connectivity index (χ1v) is 8.15. The van der Waals surface area contributed by atoms with E-state index in [0.29, 0.717) is 5.92 Å². The van der Waals surface area contributed by atoms with Gasteiger partial charge in [-0.05, 0) is 67.5 Å². The number of hydrogen-bond donors (Lipinski definition) is 0. The topological polar surface area (TPSA) is 39.2 Å². The van der Waals surface area contributed by atoms with Crippen LogP contribution in [0.2, 0.25) is 0 Å². The van der Waals surface area contributed by atoms with Crippen LogP contribution >= 0.6 is 0 Å². The number of rotatable bonds is 3. The number of nitrogens with zero attached hydrogens (tertiary/aromatic N) is 1. The van der Waals surface area contributed by atoms with Crippen LogP contribution < -0.4 is 0 Å². The van der Waals surface area contributed by atoms with Crippen molar-refractivity contribution in [1.82, 2.24) is 4.98 Å². The summed E-state index contributed by atoms with van der Waals surface area (Å²) in [4.78, 5) is 16.0. The Morgan fingerprint density at radius 2 is 2.09 bits per heavy atom. The molecule has 0 N–H and O–H groups in total. The van der Waals surface area contributed by atoms with Gasteiger partial charge in [0, 0.05) is 18.0 Å². The molecule has 1 fully saturated rings. The van der Waals surface area contributed by atoms with Gasteiger partial charge < -0.3 is 4.74 Å². The fraction of sp³-hybridized carbons (Fsp3) is 0.368. The van der Waals surface area contributed by atoms with E-state index in [4.69, 9.17) is 4.74 Å². The maximum atomic E-state index is 13.6. The van der Waals surface area contributed by atoms with Crippen molar-refractivity contribution in [3.63, 3.8) is 0 Å². The molecule has 0 radical (unpaired) electrons. The van der Waals surface area contributed by atoms with E-state index in [-0.39, 0.29) is 17.7 Å². The van der Waals surface area contributed by atoms with Gasteiger partial charge in [0.05, 0.1) is 11.4 Å². The van der Waals surface area contributed by atoms with Gasteiger partial charge in [-0.25, -0.2) is 4.39 Å². The zero-order valence-corrected chi connectivity index (χ0v) is 12.8. The first-order valence-electron chi connectivity index (χ1n) is 8.15. The van der Waals surface area contributed by atoms with Gasteiger partial charge in [0.2, 0.25) is 0 Å². The molecule has 0 amide bonds. The quantitative estimate of drug-likeness (QED) is 0.785. The number of carbonyl (C=O) groups is 1. The zero-order valence-electron chi connectivity index (χ0n) is 12.8. The van der Waals surface area contributed by atoms with Crippen molar-refractivity contribution in [1.29, 1.82) is 0 Å². The lowest BCUT2D eigenvalue weighted by Gasteiger charge is -2.23. The summed E-state index contributed by atoms with van der Waals surface area (Å²) < 4.78 is 19.0. The van der Waals surface area contributed by atoms with Crippen LogP contribution in [0.3, 0.4) is 0 Å². The van der Waals surface area contributed by atoms with E-state index < -0.39 is 0 Å². The number of ether oxygens (including phenoxy) is 1. The number of allylic oxidation sites excluding steroid dienone is 2. The molecule has 1 heterocycles. The van der Waals surface area contributed by atoms with Crippen molar-refractivity contribution >= 4 is 16.9 Å². The van der Waals surface area contributed by atoms with E-state index in [2.05, 4.69) is 4.98 Å². The predicted molar refractivity (Wildman–Crippen MR) is 85.2 cm³/mol. The smallest absolute Gasteiger partial charge is 0.313 e. The summed E-state index contributed by atoms with van der Waals surface area (Å²) in [5.74, 6) is 0.914. The largest absolute Gasteiger partial charge is 0.431 e. The highest BCUT2D eigenvalue weighted by Crippen LogP contribution is 2.37. The highest BCUT2D eigenvalue weighted by molar-refractivity contribution is 5.82. The molecule has 4 rings (SSSR count). The third-order valence-electron chi connectivity index (χ3n) is 4.69. The molecule has 1 saturated carbocycles. The minimum Gasteiger partial charge on any atom is -0.431 e. The lowest BCUT2D eigenvalue weighted by molar-refractivity contribution is -0.141. The van der Waals surface area contributed by atoms with Crippen molar-refractivity contribution in [3.8, 4) is 0 Å². The molecule has 2 aliphatic carbocycles. The highest BCUT2D eigenvalue weighted by atomic mass is 19.1. The summed E-state index contributed by atoms with van der Waals surface area (Å²) >= 11 is 0. The van der Waals surface area contributed by atoms with Crippen LogP contribution in [0.15, 0.2) is 42.3 Å². The van der Waals surface area contributed by atoms with Gasteiger partial charge in [0.1, 0.15) is 11.6 Å². The molecule has 0 bridgehead atoms. The summed E-state index contributed by atoms with van der Waals surface area (Å²) in [6, 6.07) is 6.69. The maximum absolute atomic E-state index is 13.6. The second-order valence-electron chi connectivity index (χ2n) is 6.40. The lowest BCUT2D eigenvalue weighted by Crippen LogP contribution is -2.11. The standard InChI is InChI=1S/C19H18FNO2/c20-14-5-8-18-17(11-14)16(9-10-21-18)12-3-6-15(7-4-12)23-19(22)13-1-2-13/h5-6,8-13H,1-4,7H2. The number of benzene rings is 1. The van der Waals surface area contributed by atoms with E-state index >= 15 is 0 Å². The Bertz CT molecular complexity index is 795. The maximum Gasteiger partial charge on any atom is 0.313 e. The average molecular weight is 311 g/mol. The van der Waals surface area contributed by atoms with E-state index in [1.165, 1.54) is 6.07 Å². The number of aromatic nitrogens is 1. The van der Waals surface area contributed by atoms with Crippen molar-refractivity contribution in [2.75, 3.05) is 0 Å². The Labute approximate surface area is 134 Å². The van der Waals surface area contributed by atoms with Crippen molar-refractivity contribution in [2.24, 2.45) is 5.92 Å². The van der Waals surface area contributed by atoms with Gasteiger partial charge in [-0.2, -0.15) is 0 Å². The van der Waals surface area contributed by atoms with Gasteiger partial charge >= 0.3 is 5.97 Å². The third kappa shape index (κ3) is 2.98. The molecule has 3 nitrogen and oxygen atoms in total. The van der Waals surface area contributed by atoms with E-state index in [1.807, 2.05) is 12.1 Å². The molecule has 0 aliphatic heterocycles. The Morgan fingerprint density at radius 1 is 1.22 bits per heavy atom. The van der Waals surface area contributed by atoms with Crippen LogP contribution in [0, 0.1) is 11.7 Å². The average Bonchev–Trinajstić information content (AvgIpc) is 3.40. The van der Waals surface area contributed by atoms with E-state index in [0.717, 1.165) is 54.3 Å². The second-order valence-corrected chi connectivity index (χ2v) is 6.40. The minimum atomic E-state index is -0.239. The van der Waals surface area contributed by atoms with Crippen LogP contribution in [0.5, 0.6) is 0 Å². The molecule has 4 heteroatoms. The van der Waals surface area contributed by atoms with Crippen molar-refractivity contribution < 1.29 is 13.9 Å². The highest BCUT2D eigenvalue weighted by Gasteiger charge is 2.32. The van der Waals surface area contributed by atoms with Crippen LogP contribution in [0.4, 0.5) is 4.39 Å². The fourth-order valence-electron chi connectivity index (χ4n) is 3.21. The van der Waals surface area contributed by atoms with Gasteiger partial charge in [0.15, 0.2) is 0 Å². The molecule has 1 atom stereocenters. The van der Waals surface area contributed by atoms with Gasteiger partial charge in [-0.1, -0.05) is 0 Å². The molecular formula is C19H18FNO2. The Hall–Kier alpha value is -2.23. The summed E-state index contributed by atoms with van der Waals surface area (Å²) in [7, 11) is 0. The summed E-state index contributed by atoms with van der Waals surface area (Å²) in [5.41, 5.74) is 1.94. The predicted octanol–water partition coefficient (Wildman–Crippen LogP) is 4.48. The van der Waals surface area contributed by atoms with Gasteiger partial charge in [-0.15, -0.1) is 0 Å². The monoisotopic (exact) mass is 311 g/mol. The fourth-order valence-corrected chi connectivity index (χ4v) is 3.21. The molecule has 2 aromatic rings. The summed E-state index contributed by atoms with van der Waals surface area (Å²) in [5, 5.41) is 0.879. The number of fused-ring (bicyclic) bond motifs is 1. The number of esters is 1. The molecule has 1 aromatic carbocycles. The van der Waals surface area contributed by atoms with E-state index in [9.17, 15) is 9.18 Å². The first kappa shape index (κ1) is 14.4. The van der Waals surface area contributed by atoms with E-state index in [1.54, 1.807) is 18.3 Å². The Kier molecular flexibility index (Phi) is 3.60. The van der Waals surface area contributed by atoms with Crippen molar-refractivity contribution in [3.05, 3.63) is 53.7 Å². The molecular weight excluding hydrogens is 293 g/mol. The molecule has 1 unspecified atom stereocenters. The molecule has 1 aromatic heterocycles. The molecule has 23 heavy (non-hydrogen) atoms. The molecule has 2 aliphatic rings. The summed E-state index contributed by atoms with van der Waals surface area (Å²) in [6.07, 6.45) is 8.18. The van der Waals surface area contributed by atoms with Gasteiger partial charge in [-0.3, -0.25) is 9.78 Å². The Balaban J connectivity index is 1.54. The number of halogens is 1. The molecule has 118 valence electrons. The normalized spacial score (nSPS) is 21.1. The van der Waals surface area contributed by atoms with Crippen LogP contribution in [-0.4, -0.2) is 11.0 Å². The van der Waals surface area contributed by atoms with Crippen LogP contribution in [0.1, 0.15) is 43.6 Å². The molecule has 0 saturated heterocycles. The second kappa shape index (κ2) is 5.76. The third-order valence-corrected chi connectivity index (χ3v) is 4.69. The number of pyridine rings is 1. The number of hydrogen-bond acceptors (Lipinski definition) is 3. The minimum absolute atomic E-state index is 0.0777. The van der Waals surface area contributed by atoms with Gasteiger partial charge in [0.25, 0.3) is 0 Å². The Morgan fingerprint density at radius 3 is 2.83 bits per heavy atom. The summed E-state index contributed by atoms with van der Waals surface area (Å²) in [6.45, 7) is 0. The van der Waals surface area contributed by atoms with Crippen LogP contribution in [-0.2, 0) is 9.53 Å². The van der Waals surface area contributed by atoms with Crippen LogP contribution in [0.25, 0.3) is 10.9 Å². The zero-order chi connectivity index (χ0) is 15.8. The number of carbonyl (C=O) groups excluding carboxylic acids is 1. The van der Waals surface area contributed by atoms with Crippen molar-refractivity contribution in [2.45, 2.75) is 38.0 Å². The first-order chi connectivity index (χ1) is 11.2. The lowest BCUT2D eigenvalue weighted by atomic mass is 9.85.